The van der Waals surface area contributed by atoms with Crippen LogP contribution in [0.3, 0.4) is 0 Å². The van der Waals surface area contributed by atoms with Crippen LogP contribution in [0.25, 0.3) is 11.3 Å². The van der Waals surface area contributed by atoms with Gasteiger partial charge in [-0.3, -0.25) is 9.48 Å². The van der Waals surface area contributed by atoms with Crippen LogP contribution in [0.5, 0.6) is 0 Å². The Morgan fingerprint density at radius 2 is 2.00 bits per heavy atom. The number of nitrogens with zero attached hydrogens (tertiary/aromatic N) is 3. The molecule has 6 heteroatoms. The maximum atomic E-state index is 12.4. The molecule has 134 valence electrons. The van der Waals surface area contributed by atoms with Gasteiger partial charge in [0.2, 0.25) is 5.91 Å². The Morgan fingerprint density at radius 1 is 1.28 bits per heavy atom. The van der Waals surface area contributed by atoms with Gasteiger partial charge in [0.25, 0.3) is 0 Å². The molecule has 1 atom stereocenters. The van der Waals surface area contributed by atoms with Gasteiger partial charge < -0.3 is 11.1 Å². The van der Waals surface area contributed by atoms with E-state index in [1.165, 1.54) is 0 Å². The number of hydrogen-bond donors (Lipinski definition) is 2. The van der Waals surface area contributed by atoms with Gasteiger partial charge in [-0.25, -0.2) is 4.98 Å². The zero-order valence-electron chi connectivity index (χ0n) is 15.2. The summed E-state index contributed by atoms with van der Waals surface area (Å²) in [6.45, 7) is 4.28. The van der Waals surface area contributed by atoms with Crippen molar-refractivity contribution in [3.8, 4) is 11.3 Å². The second-order valence-corrected chi connectivity index (χ2v) is 7.27. The summed E-state index contributed by atoms with van der Waals surface area (Å²) in [5.74, 6) is 1.41. The maximum Gasteiger partial charge on any atom is 0.242 e. The van der Waals surface area contributed by atoms with Crippen molar-refractivity contribution in [2.75, 3.05) is 5.32 Å². The fourth-order valence-corrected chi connectivity index (χ4v) is 3.64. The molecule has 0 saturated heterocycles. The van der Waals surface area contributed by atoms with Crippen molar-refractivity contribution < 1.29 is 4.79 Å². The highest BCUT2D eigenvalue weighted by molar-refractivity contribution is 5.94. The minimum Gasteiger partial charge on any atom is -0.320 e. The van der Waals surface area contributed by atoms with Gasteiger partial charge in [0.05, 0.1) is 17.9 Å². The number of carbonyl (C=O) groups excluding carboxylic acids is 1. The third-order valence-corrected chi connectivity index (χ3v) is 5.28. The molecule has 0 aliphatic heterocycles. The lowest BCUT2D eigenvalue weighted by Crippen LogP contribution is -2.43. The highest BCUT2D eigenvalue weighted by atomic mass is 16.2. The van der Waals surface area contributed by atoms with Crippen LogP contribution in [0.1, 0.15) is 38.2 Å². The Labute approximate surface area is 148 Å². The minimum atomic E-state index is -0.465. The predicted molar refractivity (Wildman–Crippen MR) is 98.9 cm³/mol. The van der Waals surface area contributed by atoms with E-state index in [1.807, 2.05) is 37.0 Å². The van der Waals surface area contributed by atoms with Crippen LogP contribution in [0.4, 0.5) is 5.82 Å². The van der Waals surface area contributed by atoms with E-state index in [0.717, 1.165) is 48.4 Å². The van der Waals surface area contributed by atoms with Crippen molar-refractivity contribution in [3.05, 3.63) is 30.1 Å². The molecule has 0 radical (unpaired) electrons. The highest BCUT2D eigenvalue weighted by Gasteiger charge is 2.28. The average Bonchev–Trinajstić information content (AvgIpc) is 2.94. The fourth-order valence-electron chi connectivity index (χ4n) is 3.64. The molecule has 1 aliphatic rings. The van der Waals surface area contributed by atoms with Crippen molar-refractivity contribution in [3.63, 3.8) is 0 Å². The zero-order chi connectivity index (χ0) is 18.0. The third kappa shape index (κ3) is 3.90. The molecule has 3 rings (SSSR count). The van der Waals surface area contributed by atoms with Crippen LogP contribution in [-0.4, -0.2) is 26.7 Å². The first-order valence-corrected chi connectivity index (χ1v) is 8.97. The summed E-state index contributed by atoms with van der Waals surface area (Å²) in [6, 6.07) is 3.30. The van der Waals surface area contributed by atoms with Gasteiger partial charge in [0.15, 0.2) is 0 Å². The van der Waals surface area contributed by atoms with Gasteiger partial charge in [-0.05, 0) is 49.3 Å². The summed E-state index contributed by atoms with van der Waals surface area (Å²) in [5.41, 5.74) is 9.27. The molecule has 1 saturated carbocycles. The van der Waals surface area contributed by atoms with Gasteiger partial charge in [0, 0.05) is 18.8 Å². The van der Waals surface area contributed by atoms with Crippen LogP contribution < -0.4 is 11.1 Å². The molecule has 1 unspecified atom stereocenters. The second-order valence-electron chi connectivity index (χ2n) is 7.27. The summed E-state index contributed by atoms with van der Waals surface area (Å²) in [6.07, 6.45) is 7.96. The molecule has 1 aliphatic carbocycles. The summed E-state index contributed by atoms with van der Waals surface area (Å²) in [7, 11) is 1.90. The van der Waals surface area contributed by atoms with E-state index in [1.54, 1.807) is 6.20 Å². The van der Waals surface area contributed by atoms with E-state index in [0.29, 0.717) is 5.82 Å². The average molecular weight is 341 g/mol. The van der Waals surface area contributed by atoms with Crippen LogP contribution in [-0.2, 0) is 11.8 Å². The molecule has 2 heterocycles. The number of amides is 1. The maximum absolute atomic E-state index is 12.4. The standard InChI is InChI=1S/C19H27N5O/c1-12-4-6-14(7-5-12)17(20)19(25)23-16-9-8-15(11-21-16)18-13(2)10-22-24(18)3/h8-12,14,17H,4-7,20H2,1-3H3,(H,21,23,25). The topological polar surface area (TPSA) is 85.8 Å². The first kappa shape index (κ1) is 17.6. The van der Waals surface area contributed by atoms with Crippen LogP contribution in [0.15, 0.2) is 24.5 Å². The van der Waals surface area contributed by atoms with E-state index in [9.17, 15) is 4.79 Å². The summed E-state index contributed by atoms with van der Waals surface area (Å²) < 4.78 is 1.82. The summed E-state index contributed by atoms with van der Waals surface area (Å²) in [5, 5.41) is 7.10. The molecule has 25 heavy (non-hydrogen) atoms. The largest absolute Gasteiger partial charge is 0.320 e. The number of rotatable bonds is 4. The number of carbonyl (C=O) groups is 1. The van der Waals surface area contributed by atoms with Crippen molar-refractivity contribution in [2.24, 2.45) is 24.6 Å². The first-order chi connectivity index (χ1) is 12.0. The molecule has 2 aromatic rings. The molecule has 0 bridgehead atoms. The smallest absolute Gasteiger partial charge is 0.242 e. The molecule has 1 amide bonds. The van der Waals surface area contributed by atoms with Crippen LogP contribution in [0.2, 0.25) is 0 Å². The Bertz CT molecular complexity index is 709. The predicted octanol–water partition coefficient (Wildman–Crippen LogP) is 2.88. The van der Waals surface area contributed by atoms with E-state index >= 15 is 0 Å². The van der Waals surface area contributed by atoms with Gasteiger partial charge in [-0.2, -0.15) is 5.10 Å². The van der Waals surface area contributed by atoms with E-state index in [2.05, 4.69) is 22.3 Å². The molecular weight excluding hydrogens is 314 g/mol. The van der Waals surface area contributed by atoms with Gasteiger partial charge in [-0.15, -0.1) is 0 Å². The first-order valence-electron chi connectivity index (χ1n) is 8.97. The monoisotopic (exact) mass is 341 g/mol. The lowest BCUT2D eigenvalue weighted by atomic mass is 9.79. The zero-order valence-corrected chi connectivity index (χ0v) is 15.2. The summed E-state index contributed by atoms with van der Waals surface area (Å²) in [4.78, 5) is 16.8. The molecular formula is C19H27N5O. The molecule has 6 nitrogen and oxygen atoms in total. The Morgan fingerprint density at radius 3 is 2.56 bits per heavy atom. The molecule has 0 aromatic carbocycles. The molecule has 3 N–H and O–H groups in total. The number of nitrogens with two attached hydrogens (primary N) is 1. The van der Waals surface area contributed by atoms with Gasteiger partial charge in [-0.1, -0.05) is 19.8 Å². The highest BCUT2D eigenvalue weighted by Crippen LogP contribution is 2.30. The SMILES string of the molecule is Cc1cnn(C)c1-c1ccc(NC(=O)C(N)C2CCC(C)CC2)nc1. The quantitative estimate of drug-likeness (QED) is 0.895. The minimum absolute atomic E-state index is 0.142. The molecule has 2 aromatic heterocycles. The Balaban J connectivity index is 1.64. The van der Waals surface area contributed by atoms with Crippen LogP contribution in [0, 0.1) is 18.8 Å². The van der Waals surface area contributed by atoms with E-state index < -0.39 is 6.04 Å². The van der Waals surface area contributed by atoms with E-state index in [-0.39, 0.29) is 11.8 Å². The van der Waals surface area contributed by atoms with E-state index in [4.69, 9.17) is 5.73 Å². The molecule has 0 spiro atoms. The number of hydrogen-bond acceptors (Lipinski definition) is 4. The second kappa shape index (κ2) is 7.35. The third-order valence-electron chi connectivity index (χ3n) is 5.28. The molecule has 1 fully saturated rings. The van der Waals surface area contributed by atoms with Gasteiger partial charge in [0.1, 0.15) is 5.82 Å². The van der Waals surface area contributed by atoms with Crippen LogP contribution >= 0.6 is 0 Å². The number of aryl methyl sites for hydroxylation is 2. The van der Waals surface area contributed by atoms with Gasteiger partial charge >= 0.3 is 0 Å². The summed E-state index contributed by atoms with van der Waals surface area (Å²) >= 11 is 0. The number of nitrogens with one attached hydrogen (secondary N) is 1. The fraction of sp³-hybridized carbons (Fsp3) is 0.526. The lowest BCUT2D eigenvalue weighted by Gasteiger charge is -2.29. The lowest BCUT2D eigenvalue weighted by molar-refractivity contribution is -0.118. The van der Waals surface area contributed by atoms with Crippen molar-refractivity contribution in [1.82, 2.24) is 14.8 Å². The Kier molecular flexibility index (Phi) is 5.18. The Hall–Kier alpha value is -2.21. The van der Waals surface area contributed by atoms with Crippen molar-refractivity contribution >= 4 is 11.7 Å². The van der Waals surface area contributed by atoms with Crippen molar-refractivity contribution in [1.29, 1.82) is 0 Å². The van der Waals surface area contributed by atoms with Crippen molar-refractivity contribution in [2.45, 2.75) is 45.6 Å². The number of pyridine rings is 1. The number of anilines is 1. The number of aromatic nitrogens is 3. The normalized spacial score (nSPS) is 21.8.